The van der Waals surface area contributed by atoms with E-state index in [1.807, 2.05) is 25.1 Å². The zero-order valence-electron chi connectivity index (χ0n) is 13.1. The minimum absolute atomic E-state index is 0.00152. The monoisotopic (exact) mass is 309 g/mol. The van der Waals surface area contributed by atoms with E-state index in [1.54, 1.807) is 12.1 Å². The Balaban J connectivity index is 1.76. The molecule has 1 heterocycles. The second-order valence-corrected chi connectivity index (χ2v) is 6.18. The fraction of sp³-hybridized carbons (Fsp3) is 0.300. The number of benzene rings is 2. The maximum atomic E-state index is 14.3. The number of anilines is 1. The smallest absolute Gasteiger partial charge is 0.128 e. The number of hydrogen-bond acceptors (Lipinski definition) is 2. The molecule has 0 aromatic heterocycles. The van der Waals surface area contributed by atoms with E-state index in [2.05, 4.69) is 29.6 Å². The molecule has 2 nitrogen and oxygen atoms in total. The molecule has 1 aliphatic carbocycles. The van der Waals surface area contributed by atoms with Gasteiger partial charge in [0.15, 0.2) is 0 Å². The van der Waals surface area contributed by atoms with Gasteiger partial charge in [-0.15, -0.1) is 0 Å². The van der Waals surface area contributed by atoms with Crippen LogP contribution in [-0.2, 0) is 0 Å². The molecule has 3 heteroatoms. The molecule has 1 aliphatic heterocycles. The van der Waals surface area contributed by atoms with Gasteiger partial charge in [-0.3, -0.25) is 0 Å². The topological polar surface area (TPSA) is 21.3 Å². The fourth-order valence-corrected chi connectivity index (χ4v) is 3.86. The molecule has 0 saturated heterocycles. The van der Waals surface area contributed by atoms with E-state index in [4.69, 9.17) is 4.74 Å². The number of fused-ring (bicyclic) bond motifs is 3. The Bertz CT molecular complexity index is 755. The highest BCUT2D eigenvalue weighted by Gasteiger charge is 2.38. The second-order valence-electron chi connectivity index (χ2n) is 6.18. The first-order valence-corrected chi connectivity index (χ1v) is 8.22. The molecule has 0 bridgehead atoms. The van der Waals surface area contributed by atoms with Gasteiger partial charge in [0, 0.05) is 17.2 Å². The average Bonchev–Trinajstić information content (AvgIpc) is 3.05. The molecule has 2 aliphatic rings. The van der Waals surface area contributed by atoms with E-state index in [0.717, 1.165) is 23.4 Å². The van der Waals surface area contributed by atoms with Gasteiger partial charge < -0.3 is 10.1 Å². The van der Waals surface area contributed by atoms with Crippen molar-refractivity contribution in [2.75, 3.05) is 11.9 Å². The lowest BCUT2D eigenvalue weighted by Gasteiger charge is -2.37. The van der Waals surface area contributed by atoms with E-state index in [9.17, 15) is 4.39 Å². The molecule has 0 fully saturated rings. The van der Waals surface area contributed by atoms with Crippen molar-refractivity contribution in [2.45, 2.75) is 25.3 Å². The summed E-state index contributed by atoms with van der Waals surface area (Å²) in [5, 5.41) is 3.56. The van der Waals surface area contributed by atoms with Crippen LogP contribution in [0.2, 0.25) is 0 Å². The number of rotatable bonds is 3. The first-order chi connectivity index (χ1) is 11.3. The third-order valence-electron chi connectivity index (χ3n) is 4.89. The third-order valence-corrected chi connectivity index (χ3v) is 4.89. The number of hydrogen-bond donors (Lipinski definition) is 1. The fourth-order valence-electron chi connectivity index (χ4n) is 3.86. The Morgan fingerprint density at radius 2 is 2.04 bits per heavy atom. The molecule has 3 atom stereocenters. The highest BCUT2D eigenvalue weighted by Crippen LogP contribution is 2.50. The number of allylic oxidation sites excluding steroid dienone is 2. The largest absolute Gasteiger partial charge is 0.494 e. The van der Waals surface area contributed by atoms with Crippen LogP contribution in [0.5, 0.6) is 5.75 Å². The highest BCUT2D eigenvalue weighted by molar-refractivity contribution is 5.61. The summed E-state index contributed by atoms with van der Waals surface area (Å²) in [7, 11) is 0. The number of ether oxygens (including phenoxy) is 1. The first kappa shape index (κ1) is 14.3. The van der Waals surface area contributed by atoms with Crippen LogP contribution in [0, 0.1) is 11.7 Å². The predicted molar refractivity (Wildman–Crippen MR) is 90.4 cm³/mol. The van der Waals surface area contributed by atoms with Crippen LogP contribution >= 0.6 is 0 Å². The molecule has 2 aromatic carbocycles. The maximum absolute atomic E-state index is 14.3. The maximum Gasteiger partial charge on any atom is 0.128 e. The van der Waals surface area contributed by atoms with Gasteiger partial charge in [0.25, 0.3) is 0 Å². The van der Waals surface area contributed by atoms with Gasteiger partial charge in [-0.25, -0.2) is 4.39 Å². The molecule has 1 N–H and O–H groups in total. The van der Waals surface area contributed by atoms with Crippen LogP contribution in [-0.4, -0.2) is 6.61 Å². The van der Waals surface area contributed by atoms with Gasteiger partial charge in [0.1, 0.15) is 11.6 Å². The minimum atomic E-state index is -0.134. The van der Waals surface area contributed by atoms with E-state index >= 15 is 0 Å². The molecule has 4 rings (SSSR count). The Hall–Kier alpha value is -2.29. The normalized spacial score (nSPS) is 24.7. The van der Waals surface area contributed by atoms with Gasteiger partial charge in [0.2, 0.25) is 0 Å². The Morgan fingerprint density at radius 3 is 2.87 bits per heavy atom. The summed E-state index contributed by atoms with van der Waals surface area (Å²) in [6, 6.07) is 13.2. The SMILES string of the molecule is CCOc1ccc2c(c1)[C@@H]1C=CC[C@@H]1[C@H](c1ccccc1F)N2. The van der Waals surface area contributed by atoms with E-state index in [-0.39, 0.29) is 11.9 Å². The molecule has 2 aromatic rings. The van der Waals surface area contributed by atoms with Gasteiger partial charge in [-0.2, -0.15) is 0 Å². The van der Waals surface area contributed by atoms with Crippen LogP contribution in [0.4, 0.5) is 10.1 Å². The molecule has 23 heavy (non-hydrogen) atoms. The lowest BCUT2D eigenvalue weighted by atomic mass is 9.77. The minimum Gasteiger partial charge on any atom is -0.494 e. The molecule has 118 valence electrons. The zero-order valence-corrected chi connectivity index (χ0v) is 13.1. The Labute approximate surface area is 136 Å². The number of nitrogens with one attached hydrogen (secondary N) is 1. The summed E-state index contributed by atoms with van der Waals surface area (Å²) in [4.78, 5) is 0. The van der Waals surface area contributed by atoms with Crippen molar-refractivity contribution in [3.8, 4) is 5.75 Å². The van der Waals surface area contributed by atoms with Crippen LogP contribution in [0.3, 0.4) is 0 Å². The van der Waals surface area contributed by atoms with Crippen molar-refractivity contribution in [3.05, 3.63) is 71.6 Å². The van der Waals surface area contributed by atoms with Gasteiger partial charge in [0.05, 0.1) is 12.6 Å². The van der Waals surface area contributed by atoms with E-state index in [1.165, 1.54) is 5.56 Å². The molecule has 0 unspecified atom stereocenters. The molecule has 0 amide bonds. The van der Waals surface area contributed by atoms with Crippen molar-refractivity contribution in [1.29, 1.82) is 0 Å². The van der Waals surface area contributed by atoms with Crippen LogP contribution in [0.15, 0.2) is 54.6 Å². The van der Waals surface area contributed by atoms with Gasteiger partial charge in [-0.05, 0) is 49.1 Å². The quantitative estimate of drug-likeness (QED) is 0.801. The standard InChI is InChI=1S/C20H20FNO/c1-2-23-13-10-11-19-17(12-13)14-7-5-8-15(14)20(22-19)16-6-3-4-9-18(16)21/h3-7,9-12,14-15,20,22H,2,8H2,1H3/t14-,15+,20-/m1/s1. The highest BCUT2D eigenvalue weighted by atomic mass is 19.1. The van der Waals surface area contributed by atoms with Crippen LogP contribution < -0.4 is 10.1 Å². The van der Waals surface area contributed by atoms with Crippen molar-refractivity contribution in [1.82, 2.24) is 0 Å². The average molecular weight is 309 g/mol. The Kier molecular flexibility index (Phi) is 3.56. The van der Waals surface area contributed by atoms with Crippen molar-refractivity contribution in [3.63, 3.8) is 0 Å². The third kappa shape index (κ3) is 2.40. The van der Waals surface area contributed by atoms with Crippen LogP contribution in [0.25, 0.3) is 0 Å². The van der Waals surface area contributed by atoms with Crippen molar-refractivity contribution < 1.29 is 9.13 Å². The summed E-state index contributed by atoms with van der Waals surface area (Å²) in [6.45, 7) is 2.65. The molecule has 0 saturated carbocycles. The second kappa shape index (κ2) is 5.73. The predicted octanol–water partition coefficient (Wildman–Crippen LogP) is 5.05. The summed E-state index contributed by atoms with van der Waals surface area (Å²) < 4.78 is 19.9. The van der Waals surface area contributed by atoms with Crippen LogP contribution in [0.1, 0.15) is 36.4 Å². The van der Waals surface area contributed by atoms with E-state index in [0.29, 0.717) is 18.4 Å². The molecular weight excluding hydrogens is 289 g/mol. The molecule has 0 radical (unpaired) electrons. The summed E-state index contributed by atoms with van der Waals surface area (Å²) >= 11 is 0. The molecule has 0 spiro atoms. The first-order valence-electron chi connectivity index (χ1n) is 8.22. The summed E-state index contributed by atoms with van der Waals surface area (Å²) in [6.07, 6.45) is 5.44. The zero-order chi connectivity index (χ0) is 15.8. The van der Waals surface area contributed by atoms with Gasteiger partial charge >= 0.3 is 0 Å². The van der Waals surface area contributed by atoms with Gasteiger partial charge in [-0.1, -0.05) is 30.4 Å². The molecular formula is C20H20FNO. The lowest BCUT2D eigenvalue weighted by Crippen LogP contribution is -2.29. The van der Waals surface area contributed by atoms with Crippen molar-refractivity contribution in [2.24, 2.45) is 5.92 Å². The van der Waals surface area contributed by atoms with Crippen molar-refractivity contribution >= 4 is 5.69 Å². The number of halogens is 1. The van der Waals surface area contributed by atoms with E-state index < -0.39 is 0 Å². The lowest BCUT2D eigenvalue weighted by molar-refractivity contribution is 0.338. The Morgan fingerprint density at radius 1 is 1.17 bits per heavy atom. The summed E-state index contributed by atoms with van der Waals surface area (Å²) in [5.41, 5.74) is 3.09. The summed E-state index contributed by atoms with van der Waals surface area (Å²) in [5.74, 6) is 1.43.